The number of hydrogen-bond donors (Lipinski definition) is 1. The van der Waals surface area contributed by atoms with Crippen LogP contribution < -0.4 is 0 Å². The Balaban J connectivity index is 2.02. The van der Waals surface area contributed by atoms with Crippen LogP contribution >= 0.6 is 0 Å². The molecule has 0 saturated carbocycles. The fraction of sp³-hybridized carbons (Fsp3) is 0.500. The van der Waals surface area contributed by atoms with E-state index in [4.69, 9.17) is 5.11 Å². The van der Waals surface area contributed by atoms with Crippen molar-refractivity contribution in [1.29, 1.82) is 0 Å². The predicted molar refractivity (Wildman–Crippen MR) is 60.8 cm³/mol. The van der Waals surface area contributed by atoms with Gasteiger partial charge in [0.25, 0.3) is 0 Å². The molecule has 1 fully saturated rings. The molecule has 0 aliphatic carbocycles. The van der Waals surface area contributed by atoms with Gasteiger partial charge in [0.15, 0.2) is 0 Å². The number of piperidine rings is 1. The van der Waals surface area contributed by atoms with Crippen LogP contribution in [0.25, 0.3) is 0 Å². The van der Waals surface area contributed by atoms with Gasteiger partial charge in [0.1, 0.15) is 0 Å². The fourth-order valence-electron chi connectivity index (χ4n) is 2.18. The maximum absolute atomic E-state index is 12.4. The van der Waals surface area contributed by atoms with Crippen molar-refractivity contribution in [3.63, 3.8) is 0 Å². The first kappa shape index (κ1) is 13.6. The van der Waals surface area contributed by atoms with E-state index in [9.17, 15) is 18.0 Å². The van der Waals surface area contributed by atoms with E-state index in [1.54, 1.807) is 0 Å². The molecule has 7 heteroatoms. The third-order valence-electron chi connectivity index (χ3n) is 3.30. The van der Waals surface area contributed by atoms with Crippen LogP contribution in [0.4, 0.5) is 18.0 Å². The van der Waals surface area contributed by atoms with Crippen molar-refractivity contribution in [1.82, 2.24) is 9.88 Å². The molecule has 1 aromatic rings. The molecule has 4 nitrogen and oxygen atoms in total. The van der Waals surface area contributed by atoms with Gasteiger partial charge in [-0.15, -0.1) is 0 Å². The highest BCUT2D eigenvalue weighted by Gasteiger charge is 2.31. The summed E-state index contributed by atoms with van der Waals surface area (Å²) in [6.45, 7) is 0.783. The molecule has 1 aliphatic rings. The van der Waals surface area contributed by atoms with Crippen molar-refractivity contribution < 1.29 is 23.1 Å². The first-order valence-corrected chi connectivity index (χ1v) is 5.89. The monoisotopic (exact) mass is 274 g/mol. The van der Waals surface area contributed by atoms with Gasteiger partial charge in [-0.05, 0) is 25.0 Å². The summed E-state index contributed by atoms with van der Waals surface area (Å²) < 4.78 is 37.2. The lowest BCUT2D eigenvalue weighted by Gasteiger charge is -2.29. The molecule has 19 heavy (non-hydrogen) atoms. The van der Waals surface area contributed by atoms with Crippen LogP contribution in [0.3, 0.4) is 0 Å². The van der Waals surface area contributed by atoms with Crippen LogP contribution in [0.15, 0.2) is 18.3 Å². The fourth-order valence-corrected chi connectivity index (χ4v) is 2.18. The third-order valence-corrected chi connectivity index (χ3v) is 3.30. The Kier molecular flexibility index (Phi) is 3.64. The van der Waals surface area contributed by atoms with E-state index >= 15 is 0 Å². The Labute approximate surface area is 107 Å². The largest absolute Gasteiger partial charge is 0.465 e. The molecule has 2 heterocycles. The lowest BCUT2D eigenvalue weighted by atomic mass is 9.93. The van der Waals surface area contributed by atoms with Crippen molar-refractivity contribution in [2.24, 2.45) is 0 Å². The number of halogens is 3. The molecular weight excluding hydrogens is 261 g/mol. The van der Waals surface area contributed by atoms with Gasteiger partial charge < -0.3 is 10.0 Å². The summed E-state index contributed by atoms with van der Waals surface area (Å²) in [5.74, 6) is 0.0258. The van der Waals surface area contributed by atoms with Gasteiger partial charge in [-0.2, -0.15) is 13.2 Å². The zero-order valence-corrected chi connectivity index (χ0v) is 10.0. The van der Waals surface area contributed by atoms with Gasteiger partial charge in [-0.25, -0.2) is 4.79 Å². The number of aromatic nitrogens is 1. The molecule has 1 aliphatic heterocycles. The number of carboxylic acid groups (broad SMARTS) is 1. The van der Waals surface area contributed by atoms with E-state index in [2.05, 4.69) is 4.98 Å². The van der Waals surface area contributed by atoms with E-state index in [1.165, 1.54) is 11.0 Å². The smallest absolute Gasteiger partial charge is 0.417 e. The van der Waals surface area contributed by atoms with Crippen molar-refractivity contribution in [3.8, 4) is 0 Å². The normalized spacial score (nSPS) is 17.5. The van der Waals surface area contributed by atoms with E-state index in [1.807, 2.05) is 0 Å². The highest BCUT2D eigenvalue weighted by atomic mass is 19.4. The second kappa shape index (κ2) is 5.07. The molecule has 0 atom stereocenters. The average molecular weight is 274 g/mol. The zero-order chi connectivity index (χ0) is 14.0. The summed E-state index contributed by atoms with van der Waals surface area (Å²) in [5, 5.41) is 8.81. The second-order valence-electron chi connectivity index (χ2n) is 4.51. The molecule has 104 valence electrons. The van der Waals surface area contributed by atoms with Crippen LogP contribution in [0.5, 0.6) is 0 Å². The topological polar surface area (TPSA) is 53.4 Å². The van der Waals surface area contributed by atoms with Crippen molar-refractivity contribution in [2.75, 3.05) is 13.1 Å². The standard InChI is InChI=1S/C12H13F3N2O2/c13-12(14,15)9-1-2-10(16-7-9)8-3-5-17(6-4-8)11(18)19/h1-2,7-8H,3-6H2,(H,18,19). The molecule has 0 radical (unpaired) electrons. The summed E-state index contributed by atoms with van der Waals surface area (Å²) in [6.07, 6.45) is -3.33. The number of alkyl halides is 3. The van der Waals surface area contributed by atoms with Crippen LogP contribution in [0.2, 0.25) is 0 Å². The van der Waals surface area contributed by atoms with Crippen molar-refractivity contribution in [2.45, 2.75) is 24.9 Å². The van der Waals surface area contributed by atoms with Crippen LogP contribution in [-0.2, 0) is 6.18 Å². The number of likely N-dealkylation sites (tertiary alicyclic amines) is 1. The summed E-state index contributed by atoms with van der Waals surface area (Å²) in [5.41, 5.74) is -0.169. The molecule has 0 spiro atoms. The lowest BCUT2D eigenvalue weighted by Crippen LogP contribution is -2.36. The number of nitrogens with zero attached hydrogens (tertiary/aromatic N) is 2. The molecule has 1 N–H and O–H groups in total. The first-order chi connectivity index (χ1) is 8.88. The number of pyridine rings is 1. The van der Waals surface area contributed by atoms with Crippen LogP contribution in [0, 0.1) is 0 Å². The Hall–Kier alpha value is -1.79. The van der Waals surface area contributed by atoms with Gasteiger partial charge in [0.05, 0.1) is 5.56 Å². The van der Waals surface area contributed by atoms with E-state index in [0.29, 0.717) is 31.6 Å². The third kappa shape index (κ3) is 3.15. The minimum absolute atomic E-state index is 0.0258. The quantitative estimate of drug-likeness (QED) is 0.856. The van der Waals surface area contributed by atoms with Gasteiger partial charge >= 0.3 is 12.3 Å². The Morgan fingerprint density at radius 3 is 2.37 bits per heavy atom. The summed E-state index contributed by atoms with van der Waals surface area (Å²) >= 11 is 0. The number of amides is 1. The van der Waals surface area contributed by atoms with Gasteiger partial charge in [-0.1, -0.05) is 0 Å². The molecule has 1 amide bonds. The van der Waals surface area contributed by atoms with Crippen molar-refractivity contribution in [3.05, 3.63) is 29.6 Å². The number of hydrogen-bond acceptors (Lipinski definition) is 2. The van der Waals surface area contributed by atoms with E-state index < -0.39 is 17.8 Å². The Bertz CT molecular complexity index is 451. The Morgan fingerprint density at radius 2 is 1.95 bits per heavy atom. The SMILES string of the molecule is O=C(O)N1CCC(c2ccc(C(F)(F)F)cn2)CC1. The van der Waals surface area contributed by atoms with E-state index in [0.717, 1.165) is 12.3 Å². The minimum Gasteiger partial charge on any atom is -0.465 e. The lowest BCUT2D eigenvalue weighted by molar-refractivity contribution is -0.137. The minimum atomic E-state index is -4.38. The highest BCUT2D eigenvalue weighted by molar-refractivity contribution is 5.65. The van der Waals surface area contributed by atoms with E-state index in [-0.39, 0.29) is 5.92 Å². The average Bonchev–Trinajstić information content (AvgIpc) is 2.38. The molecule has 0 unspecified atom stereocenters. The van der Waals surface area contributed by atoms with Gasteiger partial charge in [-0.3, -0.25) is 4.98 Å². The molecule has 2 rings (SSSR count). The maximum Gasteiger partial charge on any atom is 0.417 e. The summed E-state index contributed by atoms with van der Waals surface area (Å²) in [6, 6.07) is 2.40. The Morgan fingerprint density at radius 1 is 1.32 bits per heavy atom. The zero-order valence-electron chi connectivity index (χ0n) is 10.0. The summed E-state index contributed by atoms with van der Waals surface area (Å²) in [4.78, 5) is 15.9. The van der Waals surface area contributed by atoms with Gasteiger partial charge in [0.2, 0.25) is 0 Å². The molecule has 1 saturated heterocycles. The highest BCUT2D eigenvalue weighted by Crippen LogP contribution is 2.31. The predicted octanol–water partition coefficient (Wildman–Crippen LogP) is 2.96. The first-order valence-electron chi connectivity index (χ1n) is 5.89. The number of carbonyl (C=O) groups is 1. The molecule has 0 bridgehead atoms. The van der Waals surface area contributed by atoms with Crippen LogP contribution in [-0.4, -0.2) is 34.2 Å². The van der Waals surface area contributed by atoms with Crippen molar-refractivity contribution >= 4 is 6.09 Å². The van der Waals surface area contributed by atoms with Gasteiger partial charge in [0, 0.05) is 30.9 Å². The number of rotatable bonds is 1. The summed E-state index contributed by atoms with van der Waals surface area (Å²) in [7, 11) is 0. The molecule has 0 aromatic carbocycles. The molecule has 1 aromatic heterocycles. The maximum atomic E-state index is 12.4. The van der Waals surface area contributed by atoms with Crippen LogP contribution in [0.1, 0.15) is 30.0 Å². The second-order valence-corrected chi connectivity index (χ2v) is 4.51. The molecular formula is C12H13F3N2O2.